The second-order valence-corrected chi connectivity index (χ2v) is 7.47. The van der Waals surface area contributed by atoms with E-state index in [2.05, 4.69) is 65.9 Å². The van der Waals surface area contributed by atoms with Crippen molar-refractivity contribution in [2.24, 2.45) is 0 Å². The van der Waals surface area contributed by atoms with Gasteiger partial charge < -0.3 is 9.88 Å². The zero-order chi connectivity index (χ0) is 25.1. The predicted molar refractivity (Wildman–Crippen MR) is 159 cm³/mol. The molecular weight excluding hydrogens is 415 g/mol. The number of rotatable bonds is 2. The van der Waals surface area contributed by atoms with Crippen molar-refractivity contribution in [2.75, 3.05) is 27.2 Å². The lowest BCUT2D eigenvalue weighted by Crippen LogP contribution is -2.23. The van der Waals surface area contributed by atoms with Crippen molar-refractivity contribution in [2.45, 2.75) is 121 Å². The number of benzene rings is 1. The van der Waals surface area contributed by atoms with Gasteiger partial charge in [-0.15, -0.1) is 0 Å². The third kappa shape index (κ3) is 12.9. The maximum atomic E-state index is 4.69. The van der Waals surface area contributed by atoms with E-state index in [4.69, 9.17) is 0 Å². The van der Waals surface area contributed by atoms with Crippen LogP contribution < -0.4 is 0 Å². The van der Waals surface area contributed by atoms with Crippen LogP contribution >= 0.6 is 0 Å². The summed E-state index contributed by atoms with van der Waals surface area (Å²) in [5, 5.41) is 0. The molecule has 2 fully saturated rings. The fourth-order valence-corrected chi connectivity index (χ4v) is 4.05. The minimum absolute atomic E-state index is 0. The van der Waals surface area contributed by atoms with Gasteiger partial charge >= 0.3 is 0 Å². The third-order valence-electron chi connectivity index (χ3n) is 5.63. The van der Waals surface area contributed by atoms with Gasteiger partial charge in [0, 0.05) is 14.5 Å². The Morgan fingerprint density at radius 3 is 1.82 bits per heavy atom. The van der Waals surface area contributed by atoms with Crippen molar-refractivity contribution in [3.05, 3.63) is 29.6 Å². The summed E-state index contributed by atoms with van der Waals surface area (Å²) in [6.45, 7) is 22.9. The van der Waals surface area contributed by atoms with Crippen molar-refractivity contribution in [1.82, 2.24) is 19.8 Å². The first kappa shape index (κ1) is 39.9. The number of H-pyrrole nitrogens is 1. The van der Waals surface area contributed by atoms with Gasteiger partial charge in [0.25, 0.3) is 0 Å². The molecule has 2 unspecified atom stereocenters. The molecule has 199 valence electrons. The number of likely N-dealkylation sites (tertiary alicyclic amines) is 2. The highest BCUT2D eigenvalue weighted by atomic mass is 15.2. The van der Waals surface area contributed by atoms with Crippen molar-refractivity contribution in [3.63, 3.8) is 0 Å². The van der Waals surface area contributed by atoms with Gasteiger partial charge in [0.1, 0.15) is 5.82 Å². The molecule has 0 spiro atoms. The fraction of sp³-hybridized carbons (Fsp3) is 0.759. The Balaban J connectivity index is -0.000000215. The smallest absolute Gasteiger partial charge is 0.124 e. The molecule has 34 heavy (non-hydrogen) atoms. The minimum atomic E-state index is 0. The van der Waals surface area contributed by atoms with E-state index in [0.717, 1.165) is 22.9 Å². The fourth-order valence-electron chi connectivity index (χ4n) is 4.05. The van der Waals surface area contributed by atoms with E-state index in [-0.39, 0.29) is 15.8 Å². The number of fused-ring (bicyclic) bond motifs is 1. The van der Waals surface area contributed by atoms with E-state index in [1.54, 1.807) is 0 Å². The van der Waals surface area contributed by atoms with Gasteiger partial charge in [-0.1, -0.05) is 75.8 Å². The Kier molecular flexibility index (Phi) is 29.1. The molecule has 0 aliphatic carbocycles. The van der Waals surface area contributed by atoms with E-state index < -0.39 is 0 Å². The van der Waals surface area contributed by atoms with Crippen LogP contribution in [0.1, 0.15) is 119 Å². The van der Waals surface area contributed by atoms with Gasteiger partial charge in [-0.25, -0.2) is 4.98 Å². The maximum absolute atomic E-state index is 4.69. The summed E-state index contributed by atoms with van der Waals surface area (Å²) in [5.41, 5.74) is 3.53. The van der Waals surface area contributed by atoms with Crippen molar-refractivity contribution >= 4 is 19.4 Å². The Labute approximate surface area is 216 Å². The first-order chi connectivity index (χ1) is 15.6. The second-order valence-electron chi connectivity index (χ2n) is 7.47. The van der Waals surface area contributed by atoms with Crippen molar-refractivity contribution in [3.8, 4) is 0 Å². The molecule has 2 saturated heterocycles. The Morgan fingerprint density at radius 1 is 0.882 bits per heavy atom. The second kappa shape index (κ2) is 24.8. The lowest BCUT2D eigenvalue weighted by Gasteiger charge is -2.16. The Bertz CT molecular complexity index is 671. The number of nitrogens with one attached hydrogen (secondary N) is 1. The summed E-state index contributed by atoms with van der Waals surface area (Å²) in [7, 11) is 4.40. The molecular formula is C29H60BN4. The van der Waals surface area contributed by atoms with Crippen LogP contribution in [0.25, 0.3) is 11.0 Å². The lowest BCUT2D eigenvalue weighted by atomic mass is 10.2. The van der Waals surface area contributed by atoms with E-state index in [0.29, 0.717) is 6.04 Å². The summed E-state index contributed by atoms with van der Waals surface area (Å²) in [5.74, 6) is 1.13. The zero-order valence-electron chi connectivity index (χ0n) is 24.3. The Morgan fingerprint density at radius 2 is 1.41 bits per heavy atom. The van der Waals surface area contributed by atoms with Crippen LogP contribution in [0.3, 0.4) is 0 Å². The van der Waals surface area contributed by atoms with Crippen LogP contribution in [0.2, 0.25) is 0 Å². The molecule has 1 aromatic carbocycles. The topological polar surface area (TPSA) is 35.2 Å². The highest BCUT2D eigenvalue weighted by Gasteiger charge is 2.25. The molecule has 3 radical (unpaired) electrons. The van der Waals surface area contributed by atoms with E-state index >= 15 is 0 Å². The van der Waals surface area contributed by atoms with Crippen molar-refractivity contribution < 1.29 is 0 Å². The normalized spacial score (nSPS) is 18.5. The molecule has 2 atom stereocenters. The number of hydrogen-bond donors (Lipinski definition) is 1. The van der Waals surface area contributed by atoms with Crippen LogP contribution in [0.15, 0.2) is 18.2 Å². The SMILES string of the molecule is C.CC.CC.CC.CC.CCC1CCCN1C.Cc1ccc2nc(C3CCCN3C)[nH]c2c1.[B]. The molecule has 0 amide bonds. The van der Waals surface area contributed by atoms with Gasteiger partial charge in [0.2, 0.25) is 0 Å². The summed E-state index contributed by atoms with van der Waals surface area (Å²) in [6, 6.07) is 7.76. The number of aryl methyl sites for hydroxylation is 1. The van der Waals surface area contributed by atoms with Gasteiger partial charge in [-0.2, -0.15) is 0 Å². The monoisotopic (exact) mass is 475 g/mol. The third-order valence-corrected chi connectivity index (χ3v) is 5.63. The molecule has 2 aliphatic rings. The number of nitrogens with zero attached hydrogens (tertiary/aromatic N) is 3. The first-order valence-electron chi connectivity index (χ1n) is 13.4. The molecule has 4 rings (SSSR count). The Hall–Kier alpha value is -1.33. The summed E-state index contributed by atoms with van der Waals surface area (Å²) in [6.07, 6.45) is 6.66. The number of aromatic nitrogens is 2. The summed E-state index contributed by atoms with van der Waals surface area (Å²) < 4.78 is 0. The van der Waals surface area contributed by atoms with Gasteiger partial charge in [-0.3, -0.25) is 4.90 Å². The molecule has 1 N–H and O–H groups in total. The molecule has 3 heterocycles. The molecule has 4 nitrogen and oxygen atoms in total. The van der Waals surface area contributed by atoms with E-state index in [1.807, 2.05) is 55.4 Å². The van der Waals surface area contributed by atoms with Gasteiger partial charge in [-0.05, 0) is 83.9 Å². The molecule has 2 aliphatic heterocycles. The van der Waals surface area contributed by atoms with E-state index in [1.165, 1.54) is 50.8 Å². The number of imidazole rings is 1. The minimum Gasteiger partial charge on any atom is -0.341 e. The van der Waals surface area contributed by atoms with Gasteiger partial charge in [0.05, 0.1) is 17.1 Å². The molecule has 0 bridgehead atoms. The van der Waals surface area contributed by atoms with Crippen LogP contribution in [0, 0.1) is 6.92 Å². The first-order valence-corrected chi connectivity index (χ1v) is 13.4. The van der Waals surface area contributed by atoms with Crippen LogP contribution in [-0.2, 0) is 0 Å². The highest BCUT2D eigenvalue weighted by Crippen LogP contribution is 2.29. The maximum Gasteiger partial charge on any atom is 0.124 e. The van der Waals surface area contributed by atoms with E-state index in [9.17, 15) is 0 Å². The number of aromatic amines is 1. The summed E-state index contributed by atoms with van der Waals surface area (Å²) >= 11 is 0. The predicted octanol–water partition coefficient (Wildman–Crippen LogP) is 8.49. The molecule has 5 heteroatoms. The average Bonchev–Trinajstić information content (AvgIpc) is 3.58. The van der Waals surface area contributed by atoms with Crippen LogP contribution in [-0.4, -0.2) is 61.4 Å². The zero-order valence-corrected chi connectivity index (χ0v) is 24.3. The highest BCUT2D eigenvalue weighted by molar-refractivity contribution is 5.76. The average molecular weight is 476 g/mol. The molecule has 2 aromatic rings. The van der Waals surface area contributed by atoms with Crippen molar-refractivity contribution in [1.29, 1.82) is 0 Å². The lowest BCUT2D eigenvalue weighted by molar-refractivity contribution is 0.304. The standard InChI is InChI=1S/C13H17N3.C7H15N.4C2H6.CH4.B/c1-9-5-6-10-11(8-9)15-13(14-10)12-4-3-7-16(12)2;1-3-7-5-4-6-8(7)2;4*1-2;;/h5-6,8,12H,3-4,7H2,1-2H3,(H,14,15);7H,3-6H2,1-2H3;4*1-2H3;1H4;. The molecule has 0 saturated carbocycles. The van der Waals surface area contributed by atoms with Crippen LogP contribution in [0.4, 0.5) is 0 Å². The summed E-state index contributed by atoms with van der Waals surface area (Å²) in [4.78, 5) is 13.0. The quantitative estimate of drug-likeness (QED) is 0.442. The largest absolute Gasteiger partial charge is 0.341 e. The van der Waals surface area contributed by atoms with Crippen LogP contribution in [0.5, 0.6) is 0 Å². The van der Waals surface area contributed by atoms with Gasteiger partial charge in [0.15, 0.2) is 0 Å². The number of hydrogen-bond acceptors (Lipinski definition) is 3. The molecule has 1 aromatic heterocycles.